The van der Waals surface area contributed by atoms with E-state index in [9.17, 15) is 14.7 Å². The first-order valence-electron chi connectivity index (χ1n) is 7.00. The normalized spacial score (nSPS) is 25.5. The lowest BCUT2D eigenvalue weighted by atomic mass is 9.73. The van der Waals surface area contributed by atoms with E-state index in [0.717, 1.165) is 19.3 Å². The summed E-state index contributed by atoms with van der Waals surface area (Å²) in [6, 6.07) is 1.46. The van der Waals surface area contributed by atoms with E-state index in [-0.39, 0.29) is 18.2 Å². The number of carboxylic acid groups (broad SMARTS) is 1. The first-order chi connectivity index (χ1) is 9.99. The average molecular weight is 296 g/mol. The van der Waals surface area contributed by atoms with Gasteiger partial charge in [0.2, 0.25) is 0 Å². The lowest BCUT2D eigenvalue weighted by Crippen LogP contribution is -2.60. The summed E-state index contributed by atoms with van der Waals surface area (Å²) in [6.45, 7) is 2.06. The molecule has 2 unspecified atom stereocenters. The monoisotopic (exact) mass is 296 g/mol. The maximum atomic E-state index is 12.2. The second-order valence-corrected chi connectivity index (χ2v) is 5.49. The number of nitrogens with zero attached hydrogens (tertiary/aromatic N) is 1. The largest absolute Gasteiger partial charge is 0.479 e. The Morgan fingerprint density at radius 2 is 2.33 bits per heavy atom. The molecule has 0 aromatic carbocycles. The van der Waals surface area contributed by atoms with Crippen LogP contribution in [0.4, 0.5) is 0 Å². The third kappa shape index (κ3) is 3.07. The third-order valence-electron chi connectivity index (χ3n) is 4.10. The predicted molar refractivity (Wildman–Crippen MR) is 72.7 cm³/mol. The van der Waals surface area contributed by atoms with E-state index in [1.54, 1.807) is 0 Å². The van der Waals surface area contributed by atoms with Crippen LogP contribution in [-0.2, 0) is 16.1 Å². The number of amides is 1. The number of carboxylic acids is 1. The van der Waals surface area contributed by atoms with Crippen molar-refractivity contribution in [2.45, 2.75) is 44.8 Å². The first-order valence-corrected chi connectivity index (χ1v) is 7.00. The van der Waals surface area contributed by atoms with Crippen LogP contribution in [0, 0.1) is 5.92 Å². The van der Waals surface area contributed by atoms with Gasteiger partial charge in [0.05, 0.1) is 0 Å². The molecule has 0 bridgehead atoms. The van der Waals surface area contributed by atoms with Crippen LogP contribution in [0.15, 0.2) is 10.6 Å². The van der Waals surface area contributed by atoms with Crippen LogP contribution >= 0.6 is 0 Å². The number of hydrogen-bond donors (Lipinski definition) is 2. The lowest BCUT2D eigenvalue weighted by Gasteiger charge is -2.39. The molecule has 1 heterocycles. The molecule has 1 amide bonds. The molecule has 1 saturated carbocycles. The minimum Gasteiger partial charge on any atom is -0.479 e. The number of carbonyl (C=O) groups is 2. The Morgan fingerprint density at radius 3 is 2.95 bits per heavy atom. The van der Waals surface area contributed by atoms with Gasteiger partial charge >= 0.3 is 5.97 Å². The summed E-state index contributed by atoms with van der Waals surface area (Å²) in [7, 11) is 1.51. The summed E-state index contributed by atoms with van der Waals surface area (Å²) in [5, 5.41) is 15.9. The van der Waals surface area contributed by atoms with Crippen LogP contribution in [0.25, 0.3) is 0 Å². The van der Waals surface area contributed by atoms with Gasteiger partial charge in [0, 0.05) is 13.2 Å². The molecule has 21 heavy (non-hydrogen) atoms. The molecule has 1 aliphatic rings. The summed E-state index contributed by atoms with van der Waals surface area (Å²) < 4.78 is 9.84. The van der Waals surface area contributed by atoms with Crippen LogP contribution in [0.2, 0.25) is 0 Å². The van der Waals surface area contributed by atoms with Gasteiger partial charge in [-0.3, -0.25) is 4.79 Å². The van der Waals surface area contributed by atoms with Crippen molar-refractivity contribution in [3.8, 4) is 0 Å². The van der Waals surface area contributed by atoms with E-state index in [0.29, 0.717) is 12.2 Å². The molecule has 2 rings (SSSR count). The van der Waals surface area contributed by atoms with Crippen molar-refractivity contribution in [2.24, 2.45) is 5.92 Å². The van der Waals surface area contributed by atoms with Gasteiger partial charge in [-0.05, 0) is 18.8 Å². The summed E-state index contributed by atoms with van der Waals surface area (Å²) in [4.78, 5) is 23.9. The van der Waals surface area contributed by atoms with E-state index >= 15 is 0 Å². The predicted octanol–water partition coefficient (Wildman–Crippen LogP) is 1.58. The summed E-state index contributed by atoms with van der Waals surface area (Å²) in [5.74, 6) is -1.23. The number of carbonyl (C=O) groups excluding carboxylic acids is 1. The molecule has 2 N–H and O–H groups in total. The molecule has 1 aromatic heterocycles. The lowest BCUT2D eigenvalue weighted by molar-refractivity contribution is -0.148. The van der Waals surface area contributed by atoms with Crippen molar-refractivity contribution >= 4 is 11.9 Å². The molecule has 0 radical (unpaired) electrons. The van der Waals surface area contributed by atoms with E-state index in [2.05, 4.69) is 10.5 Å². The molecule has 2 atom stereocenters. The number of ether oxygens (including phenoxy) is 1. The average Bonchev–Trinajstić information content (AvgIpc) is 2.90. The maximum Gasteiger partial charge on any atom is 0.329 e. The first kappa shape index (κ1) is 15.5. The maximum absolute atomic E-state index is 12.2. The molecule has 7 heteroatoms. The van der Waals surface area contributed by atoms with Gasteiger partial charge in [0.15, 0.2) is 11.5 Å². The van der Waals surface area contributed by atoms with E-state index < -0.39 is 17.4 Å². The van der Waals surface area contributed by atoms with E-state index in [1.807, 2.05) is 6.92 Å². The summed E-state index contributed by atoms with van der Waals surface area (Å²) in [6.07, 6.45) is 2.97. The Morgan fingerprint density at radius 1 is 1.57 bits per heavy atom. The highest BCUT2D eigenvalue weighted by molar-refractivity contribution is 5.96. The topological polar surface area (TPSA) is 102 Å². The zero-order chi connectivity index (χ0) is 15.5. The number of aliphatic carboxylic acids is 1. The Kier molecular flexibility index (Phi) is 4.62. The summed E-state index contributed by atoms with van der Waals surface area (Å²) in [5.41, 5.74) is -1.16. The van der Waals surface area contributed by atoms with Crippen LogP contribution < -0.4 is 5.32 Å². The Labute approximate surface area is 122 Å². The minimum atomic E-state index is -1.23. The molecular formula is C14H20N2O5. The van der Waals surface area contributed by atoms with E-state index in [1.165, 1.54) is 13.2 Å². The fourth-order valence-corrected chi connectivity index (χ4v) is 2.80. The van der Waals surface area contributed by atoms with Crippen molar-refractivity contribution in [2.75, 3.05) is 7.11 Å². The highest BCUT2D eigenvalue weighted by atomic mass is 16.5. The molecule has 1 aliphatic carbocycles. The number of aromatic nitrogens is 1. The smallest absolute Gasteiger partial charge is 0.329 e. The second kappa shape index (κ2) is 6.26. The van der Waals surface area contributed by atoms with Gasteiger partial charge in [0.1, 0.15) is 12.1 Å². The van der Waals surface area contributed by atoms with Crippen molar-refractivity contribution in [1.82, 2.24) is 10.5 Å². The fourth-order valence-electron chi connectivity index (χ4n) is 2.80. The molecule has 1 aromatic rings. The minimum absolute atomic E-state index is 0.0699. The number of hydrogen-bond acceptors (Lipinski definition) is 5. The number of methoxy groups -OCH3 is 1. The number of rotatable bonds is 5. The Balaban J connectivity index is 2.16. The highest BCUT2D eigenvalue weighted by Crippen LogP contribution is 2.34. The second-order valence-electron chi connectivity index (χ2n) is 5.49. The van der Waals surface area contributed by atoms with Crippen LogP contribution in [-0.4, -0.2) is 34.8 Å². The van der Waals surface area contributed by atoms with Crippen molar-refractivity contribution < 1.29 is 24.0 Å². The van der Waals surface area contributed by atoms with Crippen LogP contribution in [0.3, 0.4) is 0 Å². The molecule has 7 nitrogen and oxygen atoms in total. The molecule has 0 spiro atoms. The Bertz CT molecular complexity index is 527. The van der Waals surface area contributed by atoms with Gasteiger partial charge in [-0.1, -0.05) is 24.9 Å². The molecular weight excluding hydrogens is 276 g/mol. The molecule has 1 fully saturated rings. The highest BCUT2D eigenvalue weighted by Gasteiger charge is 2.46. The fraction of sp³-hybridized carbons (Fsp3) is 0.643. The molecule has 0 aliphatic heterocycles. The van der Waals surface area contributed by atoms with Crippen molar-refractivity contribution in [3.63, 3.8) is 0 Å². The van der Waals surface area contributed by atoms with Gasteiger partial charge in [-0.25, -0.2) is 4.79 Å². The van der Waals surface area contributed by atoms with Crippen molar-refractivity contribution in [3.05, 3.63) is 17.5 Å². The van der Waals surface area contributed by atoms with Crippen LogP contribution in [0.1, 0.15) is 48.9 Å². The SMILES string of the molecule is COCc1cc(C(=O)NC2(C(=O)O)CCCCC2C)no1. The third-order valence-corrected chi connectivity index (χ3v) is 4.10. The van der Waals surface area contributed by atoms with Crippen molar-refractivity contribution in [1.29, 1.82) is 0 Å². The van der Waals surface area contributed by atoms with Gasteiger partial charge < -0.3 is 19.7 Å². The Hall–Kier alpha value is -1.89. The van der Waals surface area contributed by atoms with Gasteiger partial charge in [0.25, 0.3) is 5.91 Å². The zero-order valence-electron chi connectivity index (χ0n) is 12.2. The molecule has 116 valence electrons. The van der Waals surface area contributed by atoms with Crippen LogP contribution in [0.5, 0.6) is 0 Å². The van der Waals surface area contributed by atoms with E-state index in [4.69, 9.17) is 9.26 Å². The standard InChI is InChI=1S/C14H20N2O5/c1-9-5-3-4-6-14(9,13(18)19)15-12(17)11-7-10(8-20-2)21-16-11/h7,9H,3-6,8H2,1-2H3,(H,15,17)(H,18,19). The summed E-state index contributed by atoms with van der Waals surface area (Å²) >= 11 is 0. The number of nitrogens with one attached hydrogen (secondary N) is 1. The zero-order valence-corrected chi connectivity index (χ0v) is 12.2. The molecule has 0 saturated heterocycles. The quantitative estimate of drug-likeness (QED) is 0.855. The van der Waals surface area contributed by atoms with Gasteiger partial charge in [-0.2, -0.15) is 0 Å². The van der Waals surface area contributed by atoms with Gasteiger partial charge in [-0.15, -0.1) is 0 Å².